The Morgan fingerprint density at radius 3 is 1.84 bits per heavy atom. The lowest BCUT2D eigenvalue weighted by atomic mass is 9.81. The van der Waals surface area contributed by atoms with Crippen molar-refractivity contribution in [2.75, 3.05) is 19.6 Å². The largest absolute Gasteiger partial charge is 0.326 e. The minimum Gasteiger partial charge on any atom is -0.326 e. The van der Waals surface area contributed by atoms with Gasteiger partial charge in [-0.2, -0.15) is 0 Å². The summed E-state index contributed by atoms with van der Waals surface area (Å²) >= 11 is 0. The highest BCUT2D eigenvalue weighted by Gasteiger charge is 2.34. The van der Waals surface area contributed by atoms with E-state index in [2.05, 4.69) is 11.8 Å². The van der Waals surface area contributed by atoms with Crippen LogP contribution >= 0.6 is 0 Å². The number of nitrogens with zero attached hydrogens (tertiary/aromatic N) is 1. The molecule has 2 N–H and O–H groups in total. The van der Waals surface area contributed by atoms with Gasteiger partial charge in [-0.3, -0.25) is 0 Å². The summed E-state index contributed by atoms with van der Waals surface area (Å²) in [5.41, 5.74) is 6.42. The van der Waals surface area contributed by atoms with E-state index in [1.807, 2.05) is 0 Å². The van der Waals surface area contributed by atoms with Crippen molar-refractivity contribution in [1.82, 2.24) is 4.90 Å². The summed E-state index contributed by atoms with van der Waals surface area (Å²) in [6.45, 7) is 5.85. The molecule has 1 heterocycles. The minimum absolute atomic E-state index is 0.440. The highest BCUT2D eigenvalue weighted by molar-refractivity contribution is 4.90. The molecule has 19 heavy (non-hydrogen) atoms. The lowest BCUT2D eigenvalue weighted by Gasteiger charge is -2.26. The highest BCUT2D eigenvalue weighted by Crippen LogP contribution is 2.32. The molecule has 2 rings (SSSR count). The van der Waals surface area contributed by atoms with Gasteiger partial charge in [-0.05, 0) is 18.4 Å². The van der Waals surface area contributed by atoms with Crippen LogP contribution in [0.5, 0.6) is 0 Å². The number of hydrogen-bond donors (Lipinski definition) is 1. The first-order chi connectivity index (χ1) is 9.31. The van der Waals surface area contributed by atoms with Gasteiger partial charge in [0.15, 0.2) is 0 Å². The van der Waals surface area contributed by atoms with Crippen LogP contribution in [0.25, 0.3) is 0 Å². The second-order valence-corrected chi connectivity index (χ2v) is 6.85. The number of nitrogens with two attached hydrogens (primary N) is 1. The fourth-order valence-corrected chi connectivity index (χ4v) is 4.14. The predicted octanol–water partition coefficient (Wildman–Crippen LogP) is 3.80. The topological polar surface area (TPSA) is 29.3 Å². The lowest BCUT2D eigenvalue weighted by Crippen LogP contribution is -2.34. The molecule has 1 saturated heterocycles. The van der Waals surface area contributed by atoms with Gasteiger partial charge >= 0.3 is 0 Å². The van der Waals surface area contributed by atoms with E-state index in [4.69, 9.17) is 5.73 Å². The van der Waals surface area contributed by atoms with E-state index in [9.17, 15) is 0 Å². The predicted molar refractivity (Wildman–Crippen MR) is 83.2 cm³/mol. The number of likely N-dealkylation sites (tertiary alicyclic amines) is 1. The van der Waals surface area contributed by atoms with Crippen molar-refractivity contribution in [3.05, 3.63) is 0 Å². The summed E-state index contributed by atoms with van der Waals surface area (Å²) in [7, 11) is 0. The summed E-state index contributed by atoms with van der Waals surface area (Å²) in [4.78, 5) is 2.56. The molecule has 1 saturated carbocycles. The molecule has 1 aliphatic carbocycles. The quantitative estimate of drug-likeness (QED) is 0.824. The Hall–Kier alpha value is -0.0800. The summed E-state index contributed by atoms with van der Waals surface area (Å²) in [5.74, 6) is 1.69. The number of rotatable bonds is 2. The maximum Gasteiger partial charge on any atom is 0.0211 e. The molecule has 0 spiro atoms. The van der Waals surface area contributed by atoms with Gasteiger partial charge in [0.25, 0.3) is 0 Å². The molecule has 0 aromatic rings. The Bertz CT molecular complexity index is 229. The summed E-state index contributed by atoms with van der Waals surface area (Å²) in [6, 6.07) is 0.440. The van der Waals surface area contributed by atoms with Crippen LogP contribution in [0.15, 0.2) is 0 Å². The van der Waals surface area contributed by atoms with Gasteiger partial charge in [0.2, 0.25) is 0 Å². The van der Waals surface area contributed by atoms with Crippen LogP contribution in [0, 0.1) is 11.8 Å². The third kappa shape index (κ3) is 4.75. The van der Waals surface area contributed by atoms with E-state index in [1.54, 1.807) is 0 Å². The van der Waals surface area contributed by atoms with E-state index in [0.717, 1.165) is 18.4 Å². The zero-order valence-electron chi connectivity index (χ0n) is 12.9. The minimum atomic E-state index is 0.440. The Labute approximate surface area is 120 Å². The van der Waals surface area contributed by atoms with Crippen molar-refractivity contribution in [3.8, 4) is 0 Å². The molecule has 2 nitrogen and oxygen atoms in total. The van der Waals surface area contributed by atoms with Crippen LogP contribution in [-0.4, -0.2) is 30.6 Å². The van der Waals surface area contributed by atoms with Crippen molar-refractivity contribution < 1.29 is 0 Å². The van der Waals surface area contributed by atoms with Crippen LogP contribution in [-0.2, 0) is 0 Å². The fraction of sp³-hybridized carbons (Fsp3) is 1.00. The molecular formula is C17H34N2. The van der Waals surface area contributed by atoms with Crippen LogP contribution in [0.4, 0.5) is 0 Å². The van der Waals surface area contributed by atoms with Crippen molar-refractivity contribution >= 4 is 0 Å². The van der Waals surface area contributed by atoms with Crippen molar-refractivity contribution in [2.24, 2.45) is 17.6 Å². The second kappa shape index (κ2) is 8.26. The van der Waals surface area contributed by atoms with Gasteiger partial charge in [0.1, 0.15) is 0 Å². The van der Waals surface area contributed by atoms with E-state index >= 15 is 0 Å². The normalized spacial score (nSPS) is 33.2. The van der Waals surface area contributed by atoms with Crippen LogP contribution in [0.3, 0.4) is 0 Å². The smallest absolute Gasteiger partial charge is 0.0211 e. The molecule has 0 amide bonds. The number of hydrogen-bond acceptors (Lipinski definition) is 2. The van der Waals surface area contributed by atoms with Crippen molar-refractivity contribution in [1.29, 1.82) is 0 Å². The van der Waals surface area contributed by atoms with E-state index in [-0.39, 0.29) is 0 Å². The van der Waals surface area contributed by atoms with Gasteiger partial charge in [-0.25, -0.2) is 0 Å². The average Bonchev–Trinajstić information content (AvgIpc) is 2.76. The van der Waals surface area contributed by atoms with Gasteiger partial charge in [-0.15, -0.1) is 0 Å². The molecule has 0 radical (unpaired) electrons. The summed E-state index contributed by atoms with van der Waals surface area (Å²) < 4.78 is 0. The van der Waals surface area contributed by atoms with Crippen LogP contribution in [0.2, 0.25) is 0 Å². The Kier molecular flexibility index (Phi) is 6.66. The molecular weight excluding hydrogens is 232 g/mol. The average molecular weight is 266 g/mol. The maximum atomic E-state index is 6.42. The Morgan fingerprint density at radius 2 is 1.37 bits per heavy atom. The van der Waals surface area contributed by atoms with Crippen molar-refractivity contribution in [2.45, 2.75) is 77.2 Å². The molecule has 2 atom stereocenters. The highest BCUT2D eigenvalue weighted by atomic mass is 15.2. The third-order valence-electron chi connectivity index (χ3n) is 5.44. The first kappa shape index (κ1) is 15.3. The Morgan fingerprint density at radius 1 is 0.842 bits per heavy atom. The number of likely N-dealkylation sites (N-methyl/N-ethyl adjacent to an activating group) is 1. The third-order valence-corrected chi connectivity index (χ3v) is 5.44. The standard InChI is InChI=1S/C17H34N2/c1-2-19-13-16(17(18)14-19)15-11-9-7-5-3-4-6-8-10-12-15/h15-17H,2-14,18H2,1H3. The van der Waals surface area contributed by atoms with Gasteiger partial charge < -0.3 is 10.6 Å². The molecule has 1 aliphatic heterocycles. The molecule has 112 valence electrons. The van der Waals surface area contributed by atoms with Gasteiger partial charge in [0, 0.05) is 19.1 Å². The summed E-state index contributed by atoms with van der Waals surface area (Å²) in [6.07, 6.45) is 14.5. The SMILES string of the molecule is CCN1CC(N)C(C2CCCCCCCCCC2)C1. The molecule has 0 aromatic carbocycles. The second-order valence-electron chi connectivity index (χ2n) is 6.85. The molecule has 0 bridgehead atoms. The van der Waals surface area contributed by atoms with Gasteiger partial charge in [-0.1, -0.05) is 71.1 Å². The van der Waals surface area contributed by atoms with E-state index < -0.39 is 0 Å². The Balaban J connectivity index is 1.87. The van der Waals surface area contributed by atoms with Crippen molar-refractivity contribution in [3.63, 3.8) is 0 Å². The van der Waals surface area contributed by atoms with E-state index in [0.29, 0.717) is 6.04 Å². The maximum absolute atomic E-state index is 6.42. The zero-order chi connectivity index (χ0) is 13.5. The first-order valence-corrected chi connectivity index (χ1v) is 8.79. The first-order valence-electron chi connectivity index (χ1n) is 8.79. The molecule has 2 heteroatoms. The molecule has 2 aliphatic rings. The molecule has 0 aromatic heterocycles. The molecule has 2 unspecified atom stereocenters. The molecule has 2 fully saturated rings. The van der Waals surface area contributed by atoms with Gasteiger partial charge in [0.05, 0.1) is 0 Å². The van der Waals surface area contributed by atoms with Crippen LogP contribution in [0.1, 0.15) is 71.1 Å². The fourth-order valence-electron chi connectivity index (χ4n) is 4.14. The monoisotopic (exact) mass is 266 g/mol. The van der Waals surface area contributed by atoms with E-state index in [1.165, 1.54) is 77.3 Å². The lowest BCUT2D eigenvalue weighted by molar-refractivity contribution is 0.256. The zero-order valence-corrected chi connectivity index (χ0v) is 12.9. The summed E-state index contributed by atoms with van der Waals surface area (Å²) in [5, 5.41) is 0. The van der Waals surface area contributed by atoms with Crippen LogP contribution < -0.4 is 5.73 Å².